The highest BCUT2D eigenvalue weighted by molar-refractivity contribution is 5.85. The molecule has 1 N–H and O–H groups in total. The predicted molar refractivity (Wildman–Crippen MR) is 60.0 cm³/mol. The monoisotopic (exact) mass is 213 g/mol. The third kappa shape index (κ3) is 2.47. The molecule has 2 nitrogen and oxygen atoms in total. The van der Waals surface area contributed by atoms with Crippen molar-refractivity contribution in [2.45, 2.75) is 18.6 Å². The van der Waals surface area contributed by atoms with Crippen molar-refractivity contribution in [2.24, 2.45) is 0 Å². The molecule has 0 aliphatic carbocycles. The Morgan fingerprint density at radius 2 is 2.07 bits per heavy atom. The second-order valence-electron chi connectivity index (χ2n) is 3.48. The van der Waals surface area contributed by atoms with E-state index in [9.17, 15) is 0 Å². The van der Waals surface area contributed by atoms with Crippen LogP contribution >= 0.6 is 12.4 Å². The Hall–Kier alpha value is -0.570. The topological polar surface area (TPSA) is 21.3 Å². The van der Waals surface area contributed by atoms with Gasteiger partial charge in [0.1, 0.15) is 0 Å². The minimum absolute atomic E-state index is 0. The summed E-state index contributed by atoms with van der Waals surface area (Å²) in [6.07, 6.45) is 1.47. The van der Waals surface area contributed by atoms with Crippen LogP contribution in [0.1, 0.15) is 5.56 Å². The summed E-state index contributed by atoms with van der Waals surface area (Å²) in [6, 6.07) is 11.0. The maximum absolute atomic E-state index is 5.31. The van der Waals surface area contributed by atoms with E-state index in [-0.39, 0.29) is 12.4 Å². The SMILES string of the molecule is CO[C@@H]1CN[C@@H]1Cc1ccccc1.Cl. The first-order valence-electron chi connectivity index (χ1n) is 4.70. The molecule has 0 saturated carbocycles. The average molecular weight is 214 g/mol. The molecule has 0 spiro atoms. The summed E-state index contributed by atoms with van der Waals surface area (Å²) < 4.78 is 5.31. The van der Waals surface area contributed by atoms with E-state index in [1.807, 2.05) is 6.07 Å². The molecule has 1 aromatic rings. The summed E-state index contributed by atoms with van der Waals surface area (Å²) in [5.74, 6) is 0. The zero-order valence-corrected chi connectivity index (χ0v) is 9.09. The zero-order chi connectivity index (χ0) is 9.10. The van der Waals surface area contributed by atoms with Crippen LogP contribution in [0, 0.1) is 0 Å². The molecule has 2 atom stereocenters. The molecule has 1 heterocycles. The summed E-state index contributed by atoms with van der Waals surface area (Å²) in [6.45, 7) is 0.994. The number of halogens is 1. The van der Waals surface area contributed by atoms with Gasteiger partial charge in [0.2, 0.25) is 0 Å². The van der Waals surface area contributed by atoms with Crippen molar-refractivity contribution in [3.8, 4) is 0 Å². The molecule has 0 amide bonds. The standard InChI is InChI=1S/C11H15NO.ClH/c1-13-11-8-12-10(11)7-9-5-3-2-4-6-9;/h2-6,10-12H,7-8H2,1H3;1H/t10-,11-;/m1./s1. The van der Waals surface area contributed by atoms with E-state index < -0.39 is 0 Å². The molecule has 78 valence electrons. The highest BCUT2D eigenvalue weighted by Gasteiger charge is 2.29. The summed E-state index contributed by atoms with van der Waals surface area (Å²) in [5, 5.41) is 3.37. The lowest BCUT2D eigenvalue weighted by Gasteiger charge is -2.37. The van der Waals surface area contributed by atoms with Crippen molar-refractivity contribution < 1.29 is 4.74 Å². The number of nitrogens with one attached hydrogen (secondary N) is 1. The van der Waals surface area contributed by atoms with Crippen molar-refractivity contribution in [3.63, 3.8) is 0 Å². The molecule has 0 radical (unpaired) electrons. The van der Waals surface area contributed by atoms with E-state index in [4.69, 9.17) is 4.74 Å². The highest BCUT2D eigenvalue weighted by atomic mass is 35.5. The number of hydrogen-bond donors (Lipinski definition) is 1. The summed E-state index contributed by atoms with van der Waals surface area (Å²) >= 11 is 0. The van der Waals surface area contributed by atoms with Gasteiger partial charge in [-0.2, -0.15) is 0 Å². The Morgan fingerprint density at radius 1 is 1.36 bits per heavy atom. The summed E-state index contributed by atoms with van der Waals surface area (Å²) in [7, 11) is 1.78. The van der Waals surface area contributed by atoms with E-state index in [2.05, 4.69) is 29.6 Å². The summed E-state index contributed by atoms with van der Waals surface area (Å²) in [5.41, 5.74) is 1.38. The van der Waals surface area contributed by atoms with Gasteiger partial charge in [0.05, 0.1) is 6.10 Å². The minimum atomic E-state index is 0. The lowest BCUT2D eigenvalue weighted by atomic mass is 9.95. The van der Waals surface area contributed by atoms with Crippen LogP contribution in [0.4, 0.5) is 0 Å². The molecule has 1 aromatic carbocycles. The number of hydrogen-bond acceptors (Lipinski definition) is 2. The molecule has 1 fully saturated rings. The van der Waals surface area contributed by atoms with Crippen LogP contribution in [0.15, 0.2) is 30.3 Å². The van der Waals surface area contributed by atoms with Crippen molar-refractivity contribution in [1.29, 1.82) is 0 Å². The maximum Gasteiger partial charge on any atom is 0.0851 e. The Kier molecular flexibility index (Phi) is 4.39. The first-order chi connectivity index (χ1) is 6.40. The molecular formula is C11H16ClNO. The van der Waals surface area contributed by atoms with E-state index in [0.29, 0.717) is 12.1 Å². The van der Waals surface area contributed by atoms with Gasteiger partial charge in [-0.3, -0.25) is 0 Å². The second kappa shape index (κ2) is 5.35. The van der Waals surface area contributed by atoms with Gasteiger partial charge < -0.3 is 10.1 Å². The molecule has 14 heavy (non-hydrogen) atoms. The number of rotatable bonds is 3. The quantitative estimate of drug-likeness (QED) is 0.825. The number of benzene rings is 1. The van der Waals surface area contributed by atoms with Gasteiger partial charge in [0.15, 0.2) is 0 Å². The molecular weight excluding hydrogens is 198 g/mol. The predicted octanol–water partition coefficient (Wildman–Crippen LogP) is 1.64. The molecule has 0 aromatic heterocycles. The van der Waals surface area contributed by atoms with Crippen LogP contribution < -0.4 is 5.32 Å². The molecule has 1 aliphatic heterocycles. The third-order valence-corrected chi connectivity index (χ3v) is 2.63. The fourth-order valence-electron chi connectivity index (χ4n) is 1.70. The van der Waals surface area contributed by atoms with E-state index in [1.54, 1.807) is 7.11 Å². The Bertz CT molecular complexity index is 263. The van der Waals surface area contributed by atoms with Crippen LogP contribution in [0.5, 0.6) is 0 Å². The Morgan fingerprint density at radius 3 is 2.57 bits per heavy atom. The zero-order valence-electron chi connectivity index (χ0n) is 8.27. The largest absolute Gasteiger partial charge is 0.378 e. The van der Waals surface area contributed by atoms with Gasteiger partial charge in [-0.05, 0) is 12.0 Å². The normalized spacial score (nSPS) is 24.9. The van der Waals surface area contributed by atoms with Crippen molar-refractivity contribution >= 4 is 12.4 Å². The van der Waals surface area contributed by atoms with Crippen LogP contribution in [-0.2, 0) is 11.2 Å². The molecule has 0 unspecified atom stereocenters. The fraction of sp³-hybridized carbons (Fsp3) is 0.455. The molecule has 0 bridgehead atoms. The van der Waals surface area contributed by atoms with Gasteiger partial charge in [-0.25, -0.2) is 0 Å². The smallest absolute Gasteiger partial charge is 0.0851 e. The van der Waals surface area contributed by atoms with Gasteiger partial charge >= 0.3 is 0 Å². The minimum Gasteiger partial charge on any atom is -0.378 e. The maximum atomic E-state index is 5.31. The van der Waals surface area contributed by atoms with Crippen molar-refractivity contribution in [3.05, 3.63) is 35.9 Å². The molecule has 1 aliphatic rings. The third-order valence-electron chi connectivity index (χ3n) is 2.63. The average Bonchev–Trinajstić information content (AvgIpc) is 2.15. The van der Waals surface area contributed by atoms with Crippen molar-refractivity contribution in [2.75, 3.05) is 13.7 Å². The van der Waals surface area contributed by atoms with Crippen LogP contribution in [-0.4, -0.2) is 25.8 Å². The molecule has 2 rings (SSSR count). The first kappa shape index (κ1) is 11.5. The van der Waals surface area contributed by atoms with Gasteiger partial charge in [0, 0.05) is 19.7 Å². The van der Waals surface area contributed by atoms with E-state index in [0.717, 1.165) is 13.0 Å². The highest BCUT2D eigenvalue weighted by Crippen LogP contribution is 2.13. The van der Waals surface area contributed by atoms with Crippen LogP contribution in [0.3, 0.4) is 0 Å². The van der Waals surface area contributed by atoms with E-state index in [1.165, 1.54) is 5.56 Å². The lowest BCUT2D eigenvalue weighted by molar-refractivity contribution is 0.0163. The number of methoxy groups -OCH3 is 1. The molecule has 3 heteroatoms. The first-order valence-corrected chi connectivity index (χ1v) is 4.70. The summed E-state index contributed by atoms with van der Waals surface area (Å²) in [4.78, 5) is 0. The molecule has 1 saturated heterocycles. The van der Waals surface area contributed by atoms with Gasteiger partial charge in [0.25, 0.3) is 0 Å². The van der Waals surface area contributed by atoms with Crippen LogP contribution in [0.2, 0.25) is 0 Å². The van der Waals surface area contributed by atoms with Gasteiger partial charge in [-0.1, -0.05) is 30.3 Å². The second-order valence-corrected chi connectivity index (χ2v) is 3.48. The van der Waals surface area contributed by atoms with Gasteiger partial charge in [-0.15, -0.1) is 12.4 Å². The number of ether oxygens (including phenoxy) is 1. The fourth-order valence-corrected chi connectivity index (χ4v) is 1.70. The Balaban J connectivity index is 0.000000980. The van der Waals surface area contributed by atoms with Crippen molar-refractivity contribution in [1.82, 2.24) is 5.32 Å². The van der Waals surface area contributed by atoms with E-state index >= 15 is 0 Å². The lowest BCUT2D eigenvalue weighted by Crippen LogP contribution is -2.59. The van der Waals surface area contributed by atoms with Crippen LogP contribution in [0.25, 0.3) is 0 Å². The Labute approximate surface area is 91.1 Å².